The number of pyridine rings is 1. The van der Waals surface area contributed by atoms with Crippen molar-refractivity contribution in [3.05, 3.63) is 64.1 Å². The maximum absolute atomic E-state index is 9.88. The van der Waals surface area contributed by atoms with E-state index in [9.17, 15) is 5.11 Å². The summed E-state index contributed by atoms with van der Waals surface area (Å²) in [5.74, 6) is 0.610. The Bertz CT molecular complexity index is 793. The Morgan fingerprint density at radius 2 is 1.76 bits per heavy atom. The number of benzene rings is 2. The van der Waals surface area contributed by atoms with Gasteiger partial charge in [-0.1, -0.05) is 59.6 Å². The quantitative estimate of drug-likeness (QED) is 0.638. The van der Waals surface area contributed by atoms with E-state index in [0.717, 1.165) is 21.6 Å². The van der Waals surface area contributed by atoms with Gasteiger partial charge < -0.3 is 5.11 Å². The fourth-order valence-electron chi connectivity index (χ4n) is 2.05. The number of rotatable bonds is 3. The maximum Gasteiger partial charge on any atom is 0.231 e. The highest BCUT2D eigenvalue weighted by atomic mass is 35.5. The van der Waals surface area contributed by atoms with Crippen LogP contribution >= 0.6 is 35.0 Å². The van der Waals surface area contributed by atoms with E-state index in [0.29, 0.717) is 5.02 Å². The van der Waals surface area contributed by atoms with Crippen molar-refractivity contribution < 1.29 is 5.11 Å². The molecular formula is C16H11Cl2NOS. The summed E-state index contributed by atoms with van der Waals surface area (Å²) in [5, 5.41) is 13.1. The lowest BCUT2D eigenvalue weighted by Gasteiger charge is -2.09. The van der Waals surface area contributed by atoms with Crippen LogP contribution in [0.25, 0.3) is 10.8 Å². The SMILES string of the molecule is Oc1nc(SCc2ccccc2)c2cc(Cl)ccc2c1Cl. The predicted molar refractivity (Wildman–Crippen MR) is 89.4 cm³/mol. The third kappa shape index (κ3) is 3.10. The smallest absolute Gasteiger partial charge is 0.231 e. The van der Waals surface area contributed by atoms with Crippen molar-refractivity contribution in [3.63, 3.8) is 0 Å². The molecule has 3 rings (SSSR count). The van der Waals surface area contributed by atoms with Gasteiger partial charge in [0.1, 0.15) is 10.0 Å². The summed E-state index contributed by atoms with van der Waals surface area (Å²) >= 11 is 13.7. The highest BCUT2D eigenvalue weighted by Gasteiger charge is 2.13. The second-order valence-electron chi connectivity index (χ2n) is 4.52. The molecule has 21 heavy (non-hydrogen) atoms. The summed E-state index contributed by atoms with van der Waals surface area (Å²) in [7, 11) is 0. The van der Waals surface area contributed by atoms with Crippen LogP contribution in [-0.2, 0) is 5.75 Å². The zero-order chi connectivity index (χ0) is 14.8. The van der Waals surface area contributed by atoms with Crippen LogP contribution in [0.1, 0.15) is 5.56 Å². The predicted octanol–water partition coefficient (Wildman–Crippen LogP) is 5.54. The van der Waals surface area contributed by atoms with Crippen molar-refractivity contribution in [3.8, 4) is 5.88 Å². The van der Waals surface area contributed by atoms with E-state index in [4.69, 9.17) is 23.2 Å². The second-order valence-corrected chi connectivity index (χ2v) is 6.30. The summed E-state index contributed by atoms with van der Waals surface area (Å²) in [5.41, 5.74) is 1.19. The fraction of sp³-hybridized carbons (Fsp3) is 0.0625. The molecule has 0 unspecified atom stereocenters. The first-order chi connectivity index (χ1) is 10.1. The molecule has 0 aliphatic heterocycles. The highest BCUT2D eigenvalue weighted by molar-refractivity contribution is 7.98. The van der Waals surface area contributed by atoms with Gasteiger partial charge in [0.15, 0.2) is 0 Å². The first-order valence-electron chi connectivity index (χ1n) is 6.29. The van der Waals surface area contributed by atoms with Gasteiger partial charge in [0.2, 0.25) is 5.88 Å². The molecule has 2 aromatic carbocycles. The molecule has 0 aliphatic rings. The van der Waals surface area contributed by atoms with Crippen LogP contribution in [0.15, 0.2) is 53.6 Å². The van der Waals surface area contributed by atoms with Crippen LogP contribution in [0, 0.1) is 0 Å². The molecule has 3 aromatic rings. The van der Waals surface area contributed by atoms with Gasteiger partial charge in [-0.2, -0.15) is 0 Å². The lowest BCUT2D eigenvalue weighted by molar-refractivity contribution is 0.450. The van der Waals surface area contributed by atoms with Gasteiger partial charge in [0.05, 0.1) is 0 Å². The number of fused-ring (bicyclic) bond motifs is 1. The summed E-state index contributed by atoms with van der Waals surface area (Å²) in [6.07, 6.45) is 0. The van der Waals surface area contributed by atoms with Crippen LogP contribution in [-0.4, -0.2) is 10.1 Å². The van der Waals surface area contributed by atoms with Crippen molar-refractivity contribution in [2.45, 2.75) is 10.8 Å². The van der Waals surface area contributed by atoms with Gasteiger partial charge in [-0.3, -0.25) is 0 Å². The standard InChI is InChI=1S/C16H11Cl2NOS/c17-11-6-7-12-13(8-11)16(19-15(20)14(12)18)21-9-10-4-2-1-3-5-10/h1-8H,9H2,(H,19,20). The van der Waals surface area contributed by atoms with Gasteiger partial charge in [0, 0.05) is 21.5 Å². The topological polar surface area (TPSA) is 33.1 Å². The minimum Gasteiger partial charge on any atom is -0.492 e. The van der Waals surface area contributed by atoms with E-state index in [1.54, 1.807) is 23.9 Å². The highest BCUT2D eigenvalue weighted by Crippen LogP contribution is 2.38. The molecule has 0 aliphatic carbocycles. The first-order valence-corrected chi connectivity index (χ1v) is 8.04. The molecule has 0 saturated heterocycles. The summed E-state index contributed by atoms with van der Waals surface area (Å²) < 4.78 is 0. The van der Waals surface area contributed by atoms with Crippen molar-refractivity contribution in [2.24, 2.45) is 0 Å². The van der Waals surface area contributed by atoms with Gasteiger partial charge >= 0.3 is 0 Å². The molecule has 0 saturated carbocycles. The van der Waals surface area contributed by atoms with Crippen LogP contribution < -0.4 is 0 Å². The van der Waals surface area contributed by atoms with Crippen molar-refractivity contribution >= 4 is 45.7 Å². The summed E-state index contributed by atoms with van der Waals surface area (Å²) in [6, 6.07) is 15.5. The van der Waals surface area contributed by atoms with Crippen LogP contribution in [0.2, 0.25) is 10.0 Å². The lowest BCUT2D eigenvalue weighted by atomic mass is 10.2. The molecule has 106 valence electrons. The molecule has 0 amide bonds. The molecule has 0 bridgehead atoms. The minimum absolute atomic E-state index is 0.151. The van der Waals surface area contributed by atoms with E-state index in [1.165, 1.54) is 5.56 Å². The van der Waals surface area contributed by atoms with E-state index in [-0.39, 0.29) is 10.9 Å². The van der Waals surface area contributed by atoms with E-state index in [2.05, 4.69) is 17.1 Å². The fourth-order valence-corrected chi connectivity index (χ4v) is 3.40. The van der Waals surface area contributed by atoms with Crippen LogP contribution in [0.3, 0.4) is 0 Å². The van der Waals surface area contributed by atoms with Gasteiger partial charge in [-0.25, -0.2) is 4.98 Å². The van der Waals surface area contributed by atoms with Crippen LogP contribution in [0.4, 0.5) is 0 Å². The number of hydrogen-bond donors (Lipinski definition) is 1. The monoisotopic (exact) mass is 335 g/mol. The van der Waals surface area contributed by atoms with E-state index < -0.39 is 0 Å². The molecule has 1 N–H and O–H groups in total. The molecular weight excluding hydrogens is 325 g/mol. The molecule has 0 spiro atoms. The van der Waals surface area contributed by atoms with Crippen molar-refractivity contribution in [2.75, 3.05) is 0 Å². The Morgan fingerprint density at radius 3 is 2.52 bits per heavy atom. The van der Waals surface area contributed by atoms with E-state index >= 15 is 0 Å². The summed E-state index contributed by atoms with van der Waals surface area (Å²) in [4.78, 5) is 4.18. The number of hydrogen-bond acceptors (Lipinski definition) is 3. The first kappa shape index (κ1) is 14.5. The number of thioether (sulfide) groups is 1. The molecule has 5 heteroatoms. The Labute approximate surface area is 136 Å². The number of aromatic nitrogens is 1. The Hall–Kier alpha value is -1.42. The van der Waals surface area contributed by atoms with Gasteiger partial charge in [-0.15, -0.1) is 11.8 Å². The molecule has 1 heterocycles. The van der Waals surface area contributed by atoms with E-state index in [1.807, 2.05) is 24.3 Å². The number of nitrogens with zero attached hydrogens (tertiary/aromatic N) is 1. The normalized spacial score (nSPS) is 11.0. The van der Waals surface area contributed by atoms with Crippen LogP contribution in [0.5, 0.6) is 5.88 Å². The second kappa shape index (κ2) is 6.14. The third-order valence-electron chi connectivity index (χ3n) is 3.07. The van der Waals surface area contributed by atoms with Gasteiger partial charge in [-0.05, 0) is 17.7 Å². The molecule has 0 radical (unpaired) electrons. The average Bonchev–Trinajstić information content (AvgIpc) is 2.50. The minimum atomic E-state index is -0.151. The molecule has 0 fully saturated rings. The summed E-state index contributed by atoms with van der Waals surface area (Å²) in [6.45, 7) is 0. The van der Waals surface area contributed by atoms with Crippen molar-refractivity contribution in [1.82, 2.24) is 4.98 Å². The maximum atomic E-state index is 9.88. The molecule has 0 atom stereocenters. The van der Waals surface area contributed by atoms with Crippen molar-refractivity contribution in [1.29, 1.82) is 0 Å². The number of halogens is 2. The Balaban J connectivity index is 2.01. The zero-order valence-corrected chi connectivity index (χ0v) is 13.2. The lowest BCUT2D eigenvalue weighted by Crippen LogP contribution is -1.88. The zero-order valence-electron chi connectivity index (χ0n) is 10.9. The molecule has 1 aromatic heterocycles. The third-order valence-corrected chi connectivity index (χ3v) is 4.74. The Morgan fingerprint density at radius 1 is 1.00 bits per heavy atom. The molecule has 2 nitrogen and oxygen atoms in total. The average molecular weight is 336 g/mol. The van der Waals surface area contributed by atoms with Gasteiger partial charge in [0.25, 0.3) is 0 Å². The number of aromatic hydroxyl groups is 1. The largest absolute Gasteiger partial charge is 0.492 e. The Kier molecular flexibility index (Phi) is 4.24.